The lowest BCUT2D eigenvalue weighted by Crippen LogP contribution is -2.22. The fourth-order valence-electron chi connectivity index (χ4n) is 0.891. The number of amides is 1. The van der Waals surface area contributed by atoms with Gasteiger partial charge in [-0.05, 0) is 6.42 Å². The van der Waals surface area contributed by atoms with E-state index in [0.717, 1.165) is 12.0 Å². The number of H-pyrrole nitrogens is 1. The van der Waals surface area contributed by atoms with E-state index in [2.05, 4.69) is 15.5 Å². The fourth-order valence-corrected chi connectivity index (χ4v) is 1.02. The van der Waals surface area contributed by atoms with Crippen molar-refractivity contribution in [3.8, 4) is 0 Å². The molecule has 0 spiro atoms. The van der Waals surface area contributed by atoms with Crippen LogP contribution in [0, 0.1) is 0 Å². The Morgan fingerprint density at radius 2 is 2.54 bits per heavy atom. The van der Waals surface area contributed by atoms with E-state index >= 15 is 0 Å². The van der Waals surface area contributed by atoms with Crippen LogP contribution >= 0.6 is 11.6 Å². The van der Waals surface area contributed by atoms with E-state index < -0.39 is 0 Å². The molecule has 72 valence electrons. The van der Waals surface area contributed by atoms with Crippen molar-refractivity contribution in [1.82, 2.24) is 15.5 Å². The van der Waals surface area contributed by atoms with Crippen LogP contribution in [0.15, 0.2) is 12.4 Å². The van der Waals surface area contributed by atoms with Gasteiger partial charge in [0.1, 0.15) is 0 Å². The molecule has 1 rings (SSSR count). The van der Waals surface area contributed by atoms with Gasteiger partial charge < -0.3 is 5.32 Å². The summed E-state index contributed by atoms with van der Waals surface area (Å²) in [7, 11) is 0. The first-order chi connectivity index (χ1) is 6.33. The molecule has 4 nitrogen and oxygen atoms in total. The van der Waals surface area contributed by atoms with E-state index in [1.54, 1.807) is 12.4 Å². The van der Waals surface area contributed by atoms with Crippen LogP contribution < -0.4 is 5.32 Å². The number of nitrogens with zero attached hydrogens (tertiary/aromatic N) is 1. The first-order valence-electron chi connectivity index (χ1n) is 4.13. The molecule has 0 aromatic carbocycles. The van der Waals surface area contributed by atoms with Crippen LogP contribution in [0.4, 0.5) is 0 Å². The first kappa shape index (κ1) is 10.1. The number of aromatic nitrogens is 2. The topological polar surface area (TPSA) is 57.8 Å². The Kier molecular flexibility index (Phi) is 4.32. The second-order valence-electron chi connectivity index (χ2n) is 2.68. The summed E-state index contributed by atoms with van der Waals surface area (Å²) >= 11 is 5.45. The maximum Gasteiger partial charge on any atom is 0.220 e. The SMILES string of the molecule is O=C(CCCCl)NCc1cn[nH]c1. The van der Waals surface area contributed by atoms with Crippen LogP contribution in [0.2, 0.25) is 0 Å². The molecule has 0 aliphatic rings. The Hall–Kier alpha value is -1.03. The van der Waals surface area contributed by atoms with Crippen LogP contribution in [0.1, 0.15) is 18.4 Å². The summed E-state index contributed by atoms with van der Waals surface area (Å²) in [5, 5.41) is 9.20. The zero-order valence-corrected chi connectivity index (χ0v) is 7.97. The average Bonchev–Trinajstić information content (AvgIpc) is 2.64. The number of rotatable bonds is 5. The minimum atomic E-state index is 0.0295. The van der Waals surface area contributed by atoms with E-state index in [-0.39, 0.29) is 5.91 Å². The van der Waals surface area contributed by atoms with Crippen molar-refractivity contribution >= 4 is 17.5 Å². The van der Waals surface area contributed by atoms with Gasteiger partial charge in [0.15, 0.2) is 0 Å². The van der Waals surface area contributed by atoms with Crippen LogP contribution in [0.5, 0.6) is 0 Å². The number of nitrogens with one attached hydrogen (secondary N) is 2. The molecule has 0 aliphatic carbocycles. The third-order valence-electron chi connectivity index (χ3n) is 1.58. The molecule has 0 fully saturated rings. The van der Waals surface area contributed by atoms with Crippen molar-refractivity contribution in [2.24, 2.45) is 0 Å². The zero-order chi connectivity index (χ0) is 9.52. The fraction of sp³-hybridized carbons (Fsp3) is 0.500. The lowest BCUT2D eigenvalue weighted by Gasteiger charge is -2.01. The predicted molar refractivity (Wildman–Crippen MR) is 50.4 cm³/mol. The summed E-state index contributed by atoms with van der Waals surface area (Å²) < 4.78 is 0. The molecule has 0 saturated heterocycles. The van der Waals surface area contributed by atoms with Crippen LogP contribution in [0.3, 0.4) is 0 Å². The van der Waals surface area contributed by atoms with Crippen molar-refractivity contribution in [2.75, 3.05) is 5.88 Å². The zero-order valence-electron chi connectivity index (χ0n) is 7.22. The normalized spacial score (nSPS) is 9.92. The number of carbonyl (C=O) groups is 1. The van der Waals surface area contributed by atoms with Gasteiger partial charge in [-0.15, -0.1) is 11.6 Å². The Morgan fingerprint density at radius 3 is 3.15 bits per heavy atom. The van der Waals surface area contributed by atoms with Gasteiger partial charge in [-0.3, -0.25) is 9.89 Å². The highest BCUT2D eigenvalue weighted by Crippen LogP contribution is 1.95. The molecule has 0 radical (unpaired) electrons. The van der Waals surface area contributed by atoms with Gasteiger partial charge in [-0.2, -0.15) is 5.10 Å². The molecule has 0 aliphatic heterocycles. The van der Waals surface area contributed by atoms with Gasteiger partial charge in [0.25, 0.3) is 0 Å². The molecule has 1 aromatic heterocycles. The lowest BCUT2D eigenvalue weighted by atomic mass is 10.3. The van der Waals surface area contributed by atoms with Crippen molar-refractivity contribution in [3.63, 3.8) is 0 Å². The molecule has 0 saturated carbocycles. The van der Waals surface area contributed by atoms with Gasteiger partial charge in [0, 0.05) is 30.6 Å². The number of halogens is 1. The first-order valence-corrected chi connectivity index (χ1v) is 4.66. The van der Waals surface area contributed by atoms with Gasteiger partial charge in [0.2, 0.25) is 5.91 Å². The minimum absolute atomic E-state index is 0.0295. The van der Waals surface area contributed by atoms with Gasteiger partial charge in [-0.1, -0.05) is 0 Å². The maximum atomic E-state index is 11.1. The quantitative estimate of drug-likeness (QED) is 0.700. The average molecular weight is 202 g/mol. The Morgan fingerprint density at radius 1 is 1.69 bits per heavy atom. The highest BCUT2D eigenvalue weighted by atomic mass is 35.5. The summed E-state index contributed by atoms with van der Waals surface area (Å²) in [4.78, 5) is 11.1. The number of aromatic amines is 1. The molecule has 13 heavy (non-hydrogen) atoms. The molecular weight excluding hydrogens is 190 g/mol. The molecule has 0 bridgehead atoms. The molecule has 0 atom stereocenters. The van der Waals surface area contributed by atoms with E-state index in [1.807, 2.05) is 0 Å². The summed E-state index contributed by atoms with van der Waals surface area (Å²) in [5.41, 5.74) is 0.972. The van der Waals surface area contributed by atoms with Crippen molar-refractivity contribution in [1.29, 1.82) is 0 Å². The monoisotopic (exact) mass is 201 g/mol. The highest BCUT2D eigenvalue weighted by Gasteiger charge is 2.00. The van der Waals surface area contributed by atoms with Crippen LogP contribution in [0.25, 0.3) is 0 Å². The van der Waals surface area contributed by atoms with Gasteiger partial charge in [0.05, 0.1) is 6.20 Å². The summed E-state index contributed by atoms with van der Waals surface area (Å²) in [6.07, 6.45) is 4.64. The maximum absolute atomic E-state index is 11.1. The Balaban J connectivity index is 2.15. The third kappa shape index (κ3) is 3.94. The number of alkyl halides is 1. The second kappa shape index (κ2) is 5.59. The Bertz CT molecular complexity index is 248. The molecule has 5 heteroatoms. The molecule has 1 amide bonds. The smallest absolute Gasteiger partial charge is 0.220 e. The number of hydrogen-bond donors (Lipinski definition) is 2. The number of carbonyl (C=O) groups excluding carboxylic acids is 1. The van der Waals surface area contributed by atoms with E-state index in [4.69, 9.17) is 11.6 Å². The van der Waals surface area contributed by atoms with Crippen molar-refractivity contribution in [3.05, 3.63) is 18.0 Å². The molecule has 1 heterocycles. The van der Waals surface area contributed by atoms with E-state index in [9.17, 15) is 4.79 Å². The van der Waals surface area contributed by atoms with Gasteiger partial charge in [-0.25, -0.2) is 0 Å². The summed E-state index contributed by atoms with van der Waals surface area (Å²) in [5.74, 6) is 0.556. The molecule has 1 aromatic rings. The Labute approximate surface area is 81.7 Å². The molecular formula is C8H12ClN3O. The standard InChI is InChI=1S/C8H12ClN3O/c9-3-1-2-8(13)10-4-7-5-11-12-6-7/h5-6H,1-4H2,(H,10,13)(H,11,12). The summed E-state index contributed by atoms with van der Waals surface area (Å²) in [6.45, 7) is 0.525. The van der Waals surface area contributed by atoms with Crippen molar-refractivity contribution < 1.29 is 4.79 Å². The minimum Gasteiger partial charge on any atom is -0.352 e. The van der Waals surface area contributed by atoms with Gasteiger partial charge >= 0.3 is 0 Å². The van der Waals surface area contributed by atoms with E-state index in [1.165, 1.54) is 0 Å². The second-order valence-corrected chi connectivity index (χ2v) is 3.05. The third-order valence-corrected chi connectivity index (χ3v) is 1.85. The number of hydrogen-bond acceptors (Lipinski definition) is 2. The molecule has 0 unspecified atom stereocenters. The van der Waals surface area contributed by atoms with Crippen LogP contribution in [-0.2, 0) is 11.3 Å². The summed E-state index contributed by atoms with van der Waals surface area (Å²) in [6, 6.07) is 0. The molecule has 2 N–H and O–H groups in total. The van der Waals surface area contributed by atoms with E-state index in [0.29, 0.717) is 18.8 Å². The highest BCUT2D eigenvalue weighted by molar-refractivity contribution is 6.17. The van der Waals surface area contributed by atoms with Crippen molar-refractivity contribution in [2.45, 2.75) is 19.4 Å². The predicted octanol–water partition coefficient (Wildman–Crippen LogP) is 1.04. The largest absolute Gasteiger partial charge is 0.352 e. The lowest BCUT2D eigenvalue weighted by molar-refractivity contribution is -0.121. The van der Waals surface area contributed by atoms with Crippen LogP contribution in [-0.4, -0.2) is 22.0 Å².